The number of aryl methyl sites for hydroxylation is 1. The molecule has 31 heavy (non-hydrogen) atoms. The predicted octanol–water partition coefficient (Wildman–Crippen LogP) is 5.11. The SMILES string of the molecule is Fc1cc2c3c(c1)NC(CN1CCC(c4ccc(OC(F)(F)F)cc4)CC1)N3CCC2. The number of piperidine rings is 1. The van der Waals surface area contributed by atoms with Crippen LogP contribution in [0.5, 0.6) is 5.75 Å². The highest BCUT2D eigenvalue weighted by Gasteiger charge is 2.35. The number of hydrogen-bond acceptors (Lipinski definition) is 4. The van der Waals surface area contributed by atoms with Gasteiger partial charge in [0.15, 0.2) is 0 Å². The summed E-state index contributed by atoms with van der Waals surface area (Å²) >= 11 is 0. The number of benzene rings is 2. The molecule has 0 bridgehead atoms. The van der Waals surface area contributed by atoms with Crippen LogP contribution in [0.2, 0.25) is 0 Å². The second-order valence-electron chi connectivity index (χ2n) is 8.61. The van der Waals surface area contributed by atoms with Crippen molar-refractivity contribution in [2.24, 2.45) is 0 Å². The van der Waals surface area contributed by atoms with E-state index in [0.717, 1.165) is 74.4 Å². The van der Waals surface area contributed by atoms with Gasteiger partial charge in [0.25, 0.3) is 0 Å². The second kappa shape index (κ2) is 7.89. The number of halogens is 4. The largest absolute Gasteiger partial charge is 0.573 e. The van der Waals surface area contributed by atoms with Crippen LogP contribution in [0.15, 0.2) is 36.4 Å². The summed E-state index contributed by atoms with van der Waals surface area (Å²) in [5.41, 5.74) is 4.20. The van der Waals surface area contributed by atoms with E-state index in [1.807, 2.05) is 0 Å². The summed E-state index contributed by atoms with van der Waals surface area (Å²) in [6.07, 6.45) is -0.654. The Morgan fingerprint density at radius 2 is 1.77 bits per heavy atom. The van der Waals surface area contributed by atoms with Gasteiger partial charge < -0.3 is 15.0 Å². The van der Waals surface area contributed by atoms with Crippen LogP contribution < -0.4 is 15.0 Å². The Hall–Kier alpha value is -2.48. The fourth-order valence-electron chi connectivity index (χ4n) is 5.20. The van der Waals surface area contributed by atoms with Gasteiger partial charge >= 0.3 is 6.36 Å². The van der Waals surface area contributed by atoms with E-state index in [1.165, 1.54) is 12.1 Å². The average Bonchev–Trinajstić information content (AvgIpc) is 3.06. The minimum Gasteiger partial charge on any atom is -0.406 e. The van der Waals surface area contributed by atoms with Crippen LogP contribution in [0.3, 0.4) is 0 Å². The summed E-state index contributed by atoms with van der Waals surface area (Å²) in [4.78, 5) is 4.80. The van der Waals surface area contributed by atoms with E-state index in [9.17, 15) is 17.6 Å². The molecule has 1 saturated heterocycles. The number of nitrogens with one attached hydrogen (secondary N) is 1. The quantitative estimate of drug-likeness (QED) is 0.676. The maximum Gasteiger partial charge on any atom is 0.573 e. The molecule has 8 heteroatoms. The summed E-state index contributed by atoms with van der Waals surface area (Å²) in [5.74, 6) is -0.0327. The molecule has 3 aliphatic heterocycles. The molecular weight excluding hydrogens is 410 g/mol. The lowest BCUT2D eigenvalue weighted by Crippen LogP contribution is -2.48. The van der Waals surface area contributed by atoms with Crippen LogP contribution in [0, 0.1) is 5.82 Å². The van der Waals surface area contributed by atoms with E-state index in [2.05, 4.69) is 19.9 Å². The molecule has 0 aromatic heterocycles. The van der Waals surface area contributed by atoms with Gasteiger partial charge in [0.1, 0.15) is 17.7 Å². The Balaban J connectivity index is 1.18. The first kappa shape index (κ1) is 20.4. The average molecular weight is 435 g/mol. The van der Waals surface area contributed by atoms with E-state index in [1.54, 1.807) is 24.3 Å². The molecule has 1 atom stereocenters. The van der Waals surface area contributed by atoms with Crippen LogP contribution in [0.1, 0.15) is 36.3 Å². The lowest BCUT2D eigenvalue weighted by molar-refractivity contribution is -0.274. The molecule has 3 heterocycles. The van der Waals surface area contributed by atoms with Crippen molar-refractivity contribution in [2.75, 3.05) is 36.4 Å². The summed E-state index contributed by atoms with van der Waals surface area (Å²) in [7, 11) is 0. The van der Waals surface area contributed by atoms with Crippen molar-refractivity contribution in [1.29, 1.82) is 0 Å². The monoisotopic (exact) mass is 435 g/mol. The number of alkyl halides is 3. The Kier molecular flexibility index (Phi) is 5.20. The molecule has 3 aliphatic rings. The third-order valence-electron chi connectivity index (χ3n) is 6.59. The lowest BCUT2D eigenvalue weighted by Gasteiger charge is -2.37. The van der Waals surface area contributed by atoms with Crippen molar-refractivity contribution >= 4 is 11.4 Å². The molecule has 0 aliphatic carbocycles. The zero-order valence-corrected chi connectivity index (χ0v) is 17.1. The maximum absolute atomic E-state index is 13.9. The van der Waals surface area contributed by atoms with Crippen molar-refractivity contribution in [2.45, 2.75) is 44.1 Å². The van der Waals surface area contributed by atoms with Crippen LogP contribution in [0.4, 0.5) is 28.9 Å². The summed E-state index contributed by atoms with van der Waals surface area (Å²) in [6.45, 7) is 3.69. The molecule has 0 radical (unpaired) electrons. The minimum atomic E-state index is -4.66. The van der Waals surface area contributed by atoms with Gasteiger partial charge in [-0.3, -0.25) is 4.90 Å². The molecule has 1 fully saturated rings. The van der Waals surface area contributed by atoms with E-state index in [0.29, 0.717) is 5.92 Å². The van der Waals surface area contributed by atoms with Crippen LogP contribution in [-0.2, 0) is 6.42 Å². The van der Waals surface area contributed by atoms with Crippen LogP contribution in [0.25, 0.3) is 0 Å². The third kappa shape index (κ3) is 4.31. The van der Waals surface area contributed by atoms with Gasteiger partial charge in [0, 0.05) is 13.1 Å². The van der Waals surface area contributed by atoms with Gasteiger partial charge in [0.05, 0.1) is 11.4 Å². The van der Waals surface area contributed by atoms with Crippen molar-refractivity contribution in [1.82, 2.24) is 4.90 Å². The van der Waals surface area contributed by atoms with Gasteiger partial charge in [-0.05, 0) is 80.1 Å². The van der Waals surface area contributed by atoms with Gasteiger partial charge in [-0.15, -0.1) is 13.2 Å². The molecule has 5 rings (SSSR count). The second-order valence-corrected chi connectivity index (χ2v) is 8.61. The summed E-state index contributed by atoms with van der Waals surface area (Å²) in [6, 6.07) is 9.51. The number of ether oxygens (including phenoxy) is 1. The van der Waals surface area contributed by atoms with E-state index in [4.69, 9.17) is 0 Å². The molecular formula is C23H25F4N3O. The fraction of sp³-hybridized carbons (Fsp3) is 0.478. The smallest absolute Gasteiger partial charge is 0.406 e. The number of anilines is 2. The van der Waals surface area contributed by atoms with Crippen LogP contribution >= 0.6 is 0 Å². The number of hydrogen-bond donors (Lipinski definition) is 1. The highest BCUT2D eigenvalue weighted by atomic mass is 19.4. The molecule has 166 valence electrons. The summed E-state index contributed by atoms with van der Waals surface area (Å²) in [5, 5.41) is 3.51. The fourth-order valence-corrected chi connectivity index (χ4v) is 5.20. The molecule has 0 amide bonds. The zero-order chi connectivity index (χ0) is 21.6. The van der Waals surface area contributed by atoms with Gasteiger partial charge in [-0.2, -0.15) is 0 Å². The minimum absolute atomic E-state index is 0.145. The Morgan fingerprint density at radius 1 is 1.03 bits per heavy atom. The van der Waals surface area contributed by atoms with Gasteiger partial charge in [0.2, 0.25) is 0 Å². The number of rotatable bonds is 4. The van der Waals surface area contributed by atoms with Crippen molar-refractivity contribution < 1.29 is 22.3 Å². The van der Waals surface area contributed by atoms with E-state index >= 15 is 0 Å². The first-order valence-electron chi connectivity index (χ1n) is 10.8. The Labute approximate surface area is 178 Å². The number of likely N-dealkylation sites (tertiary alicyclic amines) is 1. The first-order chi connectivity index (χ1) is 14.9. The Morgan fingerprint density at radius 3 is 2.48 bits per heavy atom. The molecule has 1 N–H and O–H groups in total. The molecule has 2 aromatic carbocycles. The highest BCUT2D eigenvalue weighted by Crippen LogP contribution is 2.42. The first-order valence-corrected chi connectivity index (χ1v) is 10.8. The van der Waals surface area contributed by atoms with Crippen molar-refractivity contribution in [3.63, 3.8) is 0 Å². The van der Waals surface area contributed by atoms with Gasteiger partial charge in [-0.1, -0.05) is 12.1 Å². The summed E-state index contributed by atoms with van der Waals surface area (Å²) < 4.78 is 54.9. The molecule has 0 spiro atoms. The molecule has 4 nitrogen and oxygen atoms in total. The highest BCUT2D eigenvalue weighted by molar-refractivity contribution is 5.80. The zero-order valence-electron chi connectivity index (χ0n) is 17.1. The normalized spacial score (nSPS) is 21.7. The third-order valence-corrected chi connectivity index (χ3v) is 6.59. The van der Waals surface area contributed by atoms with E-state index in [-0.39, 0.29) is 17.7 Å². The predicted molar refractivity (Wildman–Crippen MR) is 111 cm³/mol. The number of nitrogens with zero attached hydrogens (tertiary/aromatic N) is 2. The topological polar surface area (TPSA) is 27.7 Å². The lowest BCUT2D eigenvalue weighted by atomic mass is 9.89. The van der Waals surface area contributed by atoms with Crippen molar-refractivity contribution in [3.8, 4) is 5.75 Å². The Bertz CT molecular complexity index is 939. The standard InChI is InChI=1S/C23H25F4N3O/c24-18-12-17-2-1-9-30-21(28-20(13-18)22(17)30)14-29-10-7-16(8-11-29)15-3-5-19(6-4-15)31-23(25,26)27/h3-6,12-13,16,21,28H,1-2,7-11,14H2. The van der Waals surface area contributed by atoms with Crippen LogP contribution in [-0.4, -0.2) is 43.6 Å². The molecule has 0 saturated carbocycles. The van der Waals surface area contributed by atoms with Gasteiger partial charge in [-0.25, -0.2) is 4.39 Å². The van der Waals surface area contributed by atoms with Crippen molar-refractivity contribution in [3.05, 3.63) is 53.3 Å². The molecule has 2 aromatic rings. The van der Waals surface area contributed by atoms with E-state index < -0.39 is 6.36 Å². The molecule has 1 unspecified atom stereocenters. The maximum atomic E-state index is 13.9.